The summed E-state index contributed by atoms with van der Waals surface area (Å²) in [4.78, 5) is 22.7. The molecule has 1 fully saturated rings. The SMILES string of the molecule is O=C(Nc1ccc(F)cc1C(=O)O)NC1CCCC1. The van der Waals surface area contributed by atoms with Gasteiger partial charge < -0.3 is 15.7 Å². The average molecular weight is 266 g/mol. The molecule has 0 heterocycles. The summed E-state index contributed by atoms with van der Waals surface area (Å²) >= 11 is 0. The molecule has 0 radical (unpaired) electrons. The van der Waals surface area contributed by atoms with Gasteiger partial charge in [0, 0.05) is 6.04 Å². The number of nitrogens with one attached hydrogen (secondary N) is 2. The topological polar surface area (TPSA) is 78.4 Å². The van der Waals surface area contributed by atoms with Crippen LogP contribution in [0.1, 0.15) is 36.0 Å². The van der Waals surface area contributed by atoms with Crippen molar-refractivity contribution in [1.82, 2.24) is 5.32 Å². The molecule has 2 amide bonds. The van der Waals surface area contributed by atoms with Crippen molar-refractivity contribution in [2.45, 2.75) is 31.7 Å². The smallest absolute Gasteiger partial charge is 0.337 e. The first kappa shape index (κ1) is 13.3. The van der Waals surface area contributed by atoms with Crippen molar-refractivity contribution in [1.29, 1.82) is 0 Å². The number of halogens is 1. The summed E-state index contributed by atoms with van der Waals surface area (Å²) in [6.07, 6.45) is 4.04. The number of benzene rings is 1. The van der Waals surface area contributed by atoms with Gasteiger partial charge in [-0.2, -0.15) is 0 Å². The molecule has 6 heteroatoms. The molecule has 0 spiro atoms. The van der Waals surface area contributed by atoms with Crippen molar-refractivity contribution >= 4 is 17.7 Å². The molecule has 0 aromatic heterocycles. The number of carboxylic acids is 1. The molecular formula is C13H15FN2O3. The Kier molecular flexibility index (Phi) is 3.99. The molecule has 5 nitrogen and oxygen atoms in total. The highest BCUT2D eigenvalue weighted by atomic mass is 19.1. The summed E-state index contributed by atoms with van der Waals surface area (Å²) in [7, 11) is 0. The van der Waals surface area contributed by atoms with Crippen LogP contribution in [0.3, 0.4) is 0 Å². The number of hydrogen-bond donors (Lipinski definition) is 3. The van der Waals surface area contributed by atoms with E-state index in [1.165, 1.54) is 6.07 Å². The van der Waals surface area contributed by atoms with Crippen LogP contribution in [0.5, 0.6) is 0 Å². The molecule has 1 aliphatic rings. The van der Waals surface area contributed by atoms with E-state index >= 15 is 0 Å². The van der Waals surface area contributed by atoms with E-state index in [1.54, 1.807) is 0 Å². The van der Waals surface area contributed by atoms with Gasteiger partial charge in [0.25, 0.3) is 0 Å². The minimum absolute atomic E-state index is 0.0874. The summed E-state index contributed by atoms with van der Waals surface area (Å²) in [6.45, 7) is 0. The van der Waals surface area contributed by atoms with Gasteiger partial charge >= 0.3 is 12.0 Å². The van der Waals surface area contributed by atoms with Crippen molar-refractivity contribution < 1.29 is 19.1 Å². The minimum Gasteiger partial charge on any atom is -0.478 e. The molecule has 0 bridgehead atoms. The Bertz CT molecular complexity index is 499. The first-order chi connectivity index (χ1) is 9.06. The van der Waals surface area contributed by atoms with Gasteiger partial charge in [-0.1, -0.05) is 12.8 Å². The summed E-state index contributed by atoms with van der Waals surface area (Å²) in [5, 5.41) is 14.2. The standard InChI is InChI=1S/C13H15FN2O3/c14-8-5-6-11(10(7-8)12(17)18)16-13(19)15-9-3-1-2-4-9/h5-7,9H,1-4H2,(H,17,18)(H2,15,16,19). The number of carbonyl (C=O) groups is 2. The highest BCUT2D eigenvalue weighted by Crippen LogP contribution is 2.19. The zero-order valence-corrected chi connectivity index (χ0v) is 10.3. The highest BCUT2D eigenvalue weighted by molar-refractivity contribution is 6.00. The predicted molar refractivity (Wildman–Crippen MR) is 67.8 cm³/mol. The second-order valence-electron chi connectivity index (χ2n) is 4.57. The van der Waals surface area contributed by atoms with Gasteiger partial charge in [-0.3, -0.25) is 0 Å². The molecule has 0 aliphatic heterocycles. The number of amides is 2. The third kappa shape index (κ3) is 3.43. The third-order valence-corrected chi connectivity index (χ3v) is 3.15. The van der Waals surface area contributed by atoms with Crippen molar-refractivity contribution in [3.05, 3.63) is 29.6 Å². The second kappa shape index (κ2) is 5.69. The maximum Gasteiger partial charge on any atom is 0.337 e. The van der Waals surface area contributed by atoms with Crippen LogP contribution in [0.15, 0.2) is 18.2 Å². The number of urea groups is 1. The number of hydrogen-bond acceptors (Lipinski definition) is 2. The van der Waals surface area contributed by atoms with Crippen LogP contribution in [0.4, 0.5) is 14.9 Å². The van der Waals surface area contributed by atoms with E-state index in [9.17, 15) is 14.0 Å². The first-order valence-electron chi connectivity index (χ1n) is 6.16. The van der Waals surface area contributed by atoms with Gasteiger partial charge in [0.2, 0.25) is 0 Å². The molecule has 102 valence electrons. The lowest BCUT2D eigenvalue weighted by atomic mass is 10.1. The monoisotopic (exact) mass is 266 g/mol. The largest absolute Gasteiger partial charge is 0.478 e. The van der Waals surface area contributed by atoms with E-state index in [1.807, 2.05) is 0 Å². The molecule has 0 unspecified atom stereocenters. The number of rotatable bonds is 3. The van der Waals surface area contributed by atoms with Crippen LogP contribution in [0.25, 0.3) is 0 Å². The average Bonchev–Trinajstić information content (AvgIpc) is 2.83. The zero-order chi connectivity index (χ0) is 13.8. The van der Waals surface area contributed by atoms with Gasteiger partial charge in [0.05, 0.1) is 11.3 Å². The third-order valence-electron chi connectivity index (χ3n) is 3.15. The van der Waals surface area contributed by atoms with Gasteiger partial charge in [-0.15, -0.1) is 0 Å². The van der Waals surface area contributed by atoms with E-state index < -0.39 is 17.8 Å². The Morgan fingerprint density at radius 1 is 1.26 bits per heavy atom. The predicted octanol–water partition coefficient (Wildman–Crippen LogP) is 2.59. The Morgan fingerprint density at radius 3 is 2.58 bits per heavy atom. The molecule has 0 saturated heterocycles. The van der Waals surface area contributed by atoms with Crippen LogP contribution < -0.4 is 10.6 Å². The number of carboxylic acid groups (broad SMARTS) is 1. The van der Waals surface area contributed by atoms with E-state index in [2.05, 4.69) is 10.6 Å². The zero-order valence-electron chi connectivity index (χ0n) is 10.3. The number of aromatic carboxylic acids is 1. The summed E-state index contributed by atoms with van der Waals surface area (Å²) in [6, 6.07) is 2.91. The Morgan fingerprint density at radius 2 is 1.95 bits per heavy atom. The van der Waals surface area contributed by atoms with Crippen molar-refractivity contribution in [2.75, 3.05) is 5.32 Å². The molecule has 1 aliphatic carbocycles. The lowest BCUT2D eigenvalue weighted by molar-refractivity contribution is 0.0697. The van der Waals surface area contributed by atoms with Crippen LogP contribution in [-0.2, 0) is 0 Å². The minimum atomic E-state index is -1.28. The van der Waals surface area contributed by atoms with E-state index in [-0.39, 0.29) is 17.3 Å². The summed E-state index contributed by atoms with van der Waals surface area (Å²) in [5.74, 6) is -1.94. The molecular weight excluding hydrogens is 251 g/mol. The fourth-order valence-electron chi connectivity index (χ4n) is 2.22. The molecule has 0 atom stereocenters. The second-order valence-corrected chi connectivity index (χ2v) is 4.57. The number of carbonyl (C=O) groups excluding carboxylic acids is 1. The van der Waals surface area contributed by atoms with Crippen LogP contribution in [0.2, 0.25) is 0 Å². The maximum atomic E-state index is 13.0. The Balaban J connectivity index is 2.05. The molecule has 1 aromatic carbocycles. The van der Waals surface area contributed by atoms with E-state index in [0.717, 1.165) is 37.8 Å². The van der Waals surface area contributed by atoms with Crippen LogP contribution in [-0.4, -0.2) is 23.1 Å². The van der Waals surface area contributed by atoms with Gasteiger partial charge in [-0.25, -0.2) is 14.0 Å². The van der Waals surface area contributed by atoms with Gasteiger partial charge in [0.15, 0.2) is 0 Å². The first-order valence-corrected chi connectivity index (χ1v) is 6.16. The van der Waals surface area contributed by atoms with Crippen LogP contribution >= 0.6 is 0 Å². The Labute approximate surface area is 109 Å². The molecule has 1 aromatic rings. The molecule has 3 N–H and O–H groups in total. The fraction of sp³-hybridized carbons (Fsp3) is 0.385. The Hall–Kier alpha value is -2.11. The fourth-order valence-corrected chi connectivity index (χ4v) is 2.22. The van der Waals surface area contributed by atoms with Crippen LogP contribution in [0, 0.1) is 5.82 Å². The molecule has 2 rings (SSSR count). The normalized spacial score (nSPS) is 15.2. The van der Waals surface area contributed by atoms with Crippen molar-refractivity contribution in [3.8, 4) is 0 Å². The summed E-state index contributed by atoms with van der Waals surface area (Å²) < 4.78 is 13.0. The lowest BCUT2D eigenvalue weighted by Crippen LogP contribution is -2.36. The quantitative estimate of drug-likeness (QED) is 0.786. The molecule has 1 saturated carbocycles. The lowest BCUT2D eigenvalue weighted by Gasteiger charge is -2.14. The summed E-state index contributed by atoms with van der Waals surface area (Å²) in [5.41, 5.74) is -0.175. The highest BCUT2D eigenvalue weighted by Gasteiger charge is 2.18. The van der Waals surface area contributed by atoms with Gasteiger partial charge in [0.1, 0.15) is 5.82 Å². The van der Waals surface area contributed by atoms with E-state index in [4.69, 9.17) is 5.11 Å². The number of anilines is 1. The maximum absolute atomic E-state index is 13.0. The molecule has 19 heavy (non-hydrogen) atoms. The van der Waals surface area contributed by atoms with E-state index in [0.29, 0.717) is 0 Å². The van der Waals surface area contributed by atoms with Gasteiger partial charge in [-0.05, 0) is 31.0 Å². The van der Waals surface area contributed by atoms with Crippen molar-refractivity contribution in [3.63, 3.8) is 0 Å². The van der Waals surface area contributed by atoms with Crippen molar-refractivity contribution in [2.24, 2.45) is 0 Å².